The summed E-state index contributed by atoms with van der Waals surface area (Å²) >= 11 is 0. The number of amides is 4. The number of carbonyl (C=O) groups excluding carboxylic acids is 3. The van der Waals surface area contributed by atoms with E-state index in [1.54, 1.807) is 19.2 Å². The average molecular weight is 476 g/mol. The van der Waals surface area contributed by atoms with Gasteiger partial charge in [0, 0.05) is 18.0 Å². The highest BCUT2D eigenvalue weighted by Crippen LogP contribution is 2.41. The Labute approximate surface area is 206 Å². The fourth-order valence-electron chi connectivity index (χ4n) is 5.23. The Kier molecular flexibility index (Phi) is 7.34. The average Bonchev–Trinajstić information content (AvgIpc) is 3.15. The monoisotopic (exact) mass is 475 g/mol. The Morgan fingerprint density at radius 1 is 1.09 bits per heavy atom. The summed E-state index contributed by atoms with van der Waals surface area (Å²) in [6, 6.07) is 16.7. The largest absolute Gasteiger partial charge is 0.496 e. The van der Waals surface area contributed by atoms with Crippen molar-refractivity contribution in [2.75, 3.05) is 13.7 Å². The van der Waals surface area contributed by atoms with Gasteiger partial charge < -0.3 is 10.1 Å². The van der Waals surface area contributed by atoms with Gasteiger partial charge >= 0.3 is 6.03 Å². The van der Waals surface area contributed by atoms with Gasteiger partial charge in [-0.2, -0.15) is 4.99 Å². The quantitative estimate of drug-likeness (QED) is 0.597. The predicted molar refractivity (Wildman–Crippen MR) is 135 cm³/mol. The van der Waals surface area contributed by atoms with Crippen molar-refractivity contribution in [3.63, 3.8) is 0 Å². The van der Waals surface area contributed by atoms with E-state index in [0.29, 0.717) is 42.8 Å². The molecular weight excluding hydrogens is 442 g/mol. The Morgan fingerprint density at radius 3 is 2.40 bits per heavy atom. The van der Waals surface area contributed by atoms with Gasteiger partial charge in [-0.1, -0.05) is 56.3 Å². The molecule has 1 saturated carbocycles. The smallest absolute Gasteiger partial charge is 0.351 e. The zero-order valence-electron chi connectivity index (χ0n) is 20.6. The number of nitrogens with one attached hydrogen (secondary N) is 1. The number of benzene rings is 2. The van der Waals surface area contributed by atoms with Crippen LogP contribution in [0, 0.1) is 5.92 Å². The van der Waals surface area contributed by atoms with Crippen LogP contribution in [0.4, 0.5) is 4.79 Å². The maximum Gasteiger partial charge on any atom is 0.351 e. The Balaban J connectivity index is 1.49. The zero-order valence-corrected chi connectivity index (χ0v) is 20.6. The molecule has 0 saturated heterocycles. The van der Waals surface area contributed by atoms with Gasteiger partial charge in [0.2, 0.25) is 0 Å². The van der Waals surface area contributed by atoms with E-state index in [-0.39, 0.29) is 29.2 Å². The Bertz CT molecular complexity index is 1120. The molecule has 0 aromatic heterocycles. The summed E-state index contributed by atoms with van der Waals surface area (Å²) in [5, 5.41) is 3.12. The number of ether oxygens (including phenoxy) is 1. The highest BCUT2D eigenvalue weighted by Gasteiger charge is 2.44. The predicted octanol–water partition coefficient (Wildman–Crippen LogP) is 4.75. The second-order valence-electron chi connectivity index (χ2n) is 9.87. The third kappa shape index (κ3) is 5.14. The van der Waals surface area contributed by atoms with E-state index in [2.05, 4.69) is 22.4 Å². The lowest BCUT2D eigenvalue weighted by Gasteiger charge is -2.42. The van der Waals surface area contributed by atoms with Gasteiger partial charge in [-0.05, 0) is 55.7 Å². The molecular formula is C28H33N3O4. The maximum absolute atomic E-state index is 13.0. The fraction of sp³-hybridized carbons (Fsp3) is 0.429. The van der Waals surface area contributed by atoms with Crippen molar-refractivity contribution >= 4 is 23.6 Å². The summed E-state index contributed by atoms with van der Waals surface area (Å²) in [6.45, 7) is 4.48. The number of carbonyl (C=O) groups is 3. The van der Waals surface area contributed by atoms with E-state index in [9.17, 15) is 14.4 Å². The summed E-state index contributed by atoms with van der Waals surface area (Å²) in [6.07, 6.45) is 3.33. The molecule has 0 spiro atoms. The number of urea groups is 1. The molecule has 0 radical (unpaired) electrons. The third-order valence-corrected chi connectivity index (χ3v) is 7.11. The number of aliphatic imine (C=N–C) groups is 1. The van der Waals surface area contributed by atoms with Crippen LogP contribution in [0.1, 0.15) is 61.9 Å². The van der Waals surface area contributed by atoms with Crippen LogP contribution < -0.4 is 10.1 Å². The molecule has 7 heteroatoms. The van der Waals surface area contributed by atoms with E-state index in [4.69, 9.17) is 4.74 Å². The molecule has 1 aliphatic carbocycles. The number of imide groups is 1. The molecule has 0 unspecified atom stereocenters. The highest BCUT2D eigenvalue weighted by atomic mass is 16.5. The number of hydrogen-bond acceptors (Lipinski definition) is 4. The van der Waals surface area contributed by atoms with E-state index in [1.165, 1.54) is 4.90 Å². The normalized spacial score (nSPS) is 22.3. The van der Waals surface area contributed by atoms with Gasteiger partial charge in [0.05, 0.1) is 12.7 Å². The van der Waals surface area contributed by atoms with Crippen LogP contribution in [0.3, 0.4) is 0 Å². The van der Waals surface area contributed by atoms with Crippen molar-refractivity contribution in [2.45, 2.75) is 57.4 Å². The minimum Gasteiger partial charge on any atom is -0.496 e. The third-order valence-electron chi connectivity index (χ3n) is 7.11. The second-order valence-corrected chi connectivity index (χ2v) is 9.87. The van der Waals surface area contributed by atoms with E-state index in [0.717, 1.165) is 18.4 Å². The van der Waals surface area contributed by atoms with Crippen molar-refractivity contribution in [1.82, 2.24) is 10.2 Å². The minimum absolute atomic E-state index is 0.176. The van der Waals surface area contributed by atoms with Crippen molar-refractivity contribution < 1.29 is 19.1 Å². The van der Waals surface area contributed by atoms with Crippen molar-refractivity contribution in [1.29, 1.82) is 0 Å². The summed E-state index contributed by atoms with van der Waals surface area (Å²) in [4.78, 5) is 43.9. The van der Waals surface area contributed by atoms with Gasteiger partial charge in [0.25, 0.3) is 11.8 Å². The first-order valence-corrected chi connectivity index (χ1v) is 12.3. The second kappa shape index (κ2) is 10.4. The van der Waals surface area contributed by atoms with Gasteiger partial charge in [0.15, 0.2) is 0 Å². The molecule has 0 atom stereocenters. The lowest BCUT2D eigenvalue weighted by atomic mass is 9.67. The van der Waals surface area contributed by atoms with Crippen molar-refractivity contribution in [3.8, 4) is 5.75 Å². The number of para-hydroxylation sites is 1. The molecule has 1 N–H and O–H groups in total. The van der Waals surface area contributed by atoms with Crippen molar-refractivity contribution in [2.24, 2.45) is 10.9 Å². The van der Waals surface area contributed by atoms with Crippen LogP contribution in [0.15, 0.2) is 59.6 Å². The number of nitrogens with zero attached hydrogens (tertiary/aromatic N) is 2. The minimum atomic E-state index is -0.438. The first-order valence-electron chi connectivity index (χ1n) is 12.3. The lowest BCUT2D eigenvalue weighted by molar-refractivity contribution is -0.123. The molecule has 1 aliphatic heterocycles. The van der Waals surface area contributed by atoms with Gasteiger partial charge in [-0.25, -0.2) is 4.79 Å². The molecule has 184 valence electrons. The summed E-state index contributed by atoms with van der Waals surface area (Å²) in [7, 11) is 1.55. The molecule has 2 aliphatic rings. The topological polar surface area (TPSA) is 88.1 Å². The lowest BCUT2D eigenvalue weighted by Crippen LogP contribution is -2.49. The molecule has 7 nitrogen and oxygen atoms in total. The molecule has 0 bridgehead atoms. The first-order chi connectivity index (χ1) is 16.8. The first kappa shape index (κ1) is 24.6. The zero-order chi connectivity index (χ0) is 25.0. The summed E-state index contributed by atoms with van der Waals surface area (Å²) in [5.41, 5.74) is 1.72. The summed E-state index contributed by atoms with van der Waals surface area (Å²) in [5.74, 6) is 0.363. The van der Waals surface area contributed by atoms with Gasteiger partial charge in [-0.3, -0.25) is 14.5 Å². The fourth-order valence-corrected chi connectivity index (χ4v) is 5.23. The van der Waals surface area contributed by atoms with E-state index >= 15 is 0 Å². The number of methoxy groups -OCH3 is 1. The summed E-state index contributed by atoms with van der Waals surface area (Å²) < 4.78 is 5.35. The molecule has 1 heterocycles. The Hall–Kier alpha value is -3.48. The van der Waals surface area contributed by atoms with Crippen LogP contribution in [0.2, 0.25) is 0 Å². The highest BCUT2D eigenvalue weighted by molar-refractivity contribution is 6.46. The SMILES string of the molecule is COc1ccccc1C(=O)NCC1(c2ccccc2)CCC(N2C(=O)N=C(CC(C)C)C2=O)CC1. The number of rotatable bonds is 8. The van der Waals surface area contributed by atoms with Crippen LogP contribution in [-0.4, -0.2) is 48.2 Å². The van der Waals surface area contributed by atoms with Crippen LogP contribution in [0.5, 0.6) is 5.75 Å². The van der Waals surface area contributed by atoms with E-state index in [1.807, 2.05) is 44.2 Å². The number of hydrogen-bond donors (Lipinski definition) is 1. The standard InChI is InChI=1S/C28H33N3O4/c1-19(2)17-23-26(33)31(27(34)30-23)21-13-15-28(16-14-21,20-9-5-4-6-10-20)18-29-25(32)22-11-7-8-12-24(22)35-3/h4-12,19,21H,13-18H2,1-3H3,(H,29,32). The van der Waals surface area contributed by atoms with Crippen molar-refractivity contribution in [3.05, 3.63) is 65.7 Å². The maximum atomic E-state index is 13.0. The molecule has 1 fully saturated rings. The van der Waals surface area contributed by atoms with Crippen LogP contribution >= 0.6 is 0 Å². The van der Waals surface area contributed by atoms with E-state index < -0.39 is 6.03 Å². The molecule has 4 rings (SSSR count). The molecule has 2 aromatic rings. The van der Waals surface area contributed by atoms with Gasteiger partial charge in [0.1, 0.15) is 11.5 Å². The van der Waals surface area contributed by atoms with Crippen LogP contribution in [0.25, 0.3) is 0 Å². The molecule has 4 amide bonds. The molecule has 2 aromatic carbocycles. The molecule has 35 heavy (non-hydrogen) atoms. The van der Waals surface area contributed by atoms with Crippen LogP contribution in [-0.2, 0) is 10.2 Å². The van der Waals surface area contributed by atoms with Gasteiger partial charge in [-0.15, -0.1) is 0 Å². The Morgan fingerprint density at radius 2 is 1.74 bits per heavy atom.